The average Bonchev–Trinajstić information content (AvgIpc) is 2.50. The Morgan fingerprint density at radius 3 is 2.87 bits per heavy atom. The van der Waals surface area contributed by atoms with E-state index in [1.165, 1.54) is 0 Å². The number of aliphatic hydroxyl groups is 1. The van der Waals surface area contributed by atoms with Gasteiger partial charge in [-0.25, -0.2) is 9.82 Å². The molecule has 1 aromatic carbocycles. The summed E-state index contributed by atoms with van der Waals surface area (Å²) in [5, 5.41) is 12.7. The summed E-state index contributed by atoms with van der Waals surface area (Å²) in [5.74, 6) is -0.206. The maximum atomic E-state index is 14.7. The molecule has 124 valence electrons. The van der Waals surface area contributed by atoms with E-state index in [9.17, 15) is 9.18 Å². The number of amides is 1. The van der Waals surface area contributed by atoms with Crippen LogP contribution in [-0.4, -0.2) is 29.9 Å². The molecule has 0 bridgehead atoms. The second kappa shape index (κ2) is 7.37. The fourth-order valence-corrected chi connectivity index (χ4v) is 2.60. The SMILES string of the molecule is Cc1cc(C2=NNC(=O)CC2C)c(F)c(C)c1OC/C=C\CO. The summed E-state index contributed by atoms with van der Waals surface area (Å²) in [6.45, 7) is 5.55. The first kappa shape index (κ1) is 17.1. The second-order valence-corrected chi connectivity index (χ2v) is 5.61. The Balaban J connectivity index is 2.34. The normalized spacial score (nSPS) is 18.0. The van der Waals surface area contributed by atoms with Crippen LogP contribution in [0.3, 0.4) is 0 Å². The lowest BCUT2D eigenvalue weighted by Crippen LogP contribution is -2.32. The van der Waals surface area contributed by atoms with E-state index in [0.717, 1.165) is 5.56 Å². The standard InChI is InChI=1S/C17H21FN2O3/c1-10-9-14(22)19-20-16(10)13-8-11(2)17(12(3)15(13)18)23-7-5-4-6-21/h4-5,8,10,21H,6-7,9H2,1-3H3,(H,19,22)/b5-4-. The number of aliphatic hydroxyl groups excluding tert-OH is 1. The van der Waals surface area contributed by atoms with Crippen molar-refractivity contribution in [3.63, 3.8) is 0 Å². The second-order valence-electron chi connectivity index (χ2n) is 5.61. The third kappa shape index (κ3) is 3.76. The van der Waals surface area contributed by atoms with Crippen LogP contribution >= 0.6 is 0 Å². The van der Waals surface area contributed by atoms with Crippen molar-refractivity contribution in [2.45, 2.75) is 27.2 Å². The van der Waals surface area contributed by atoms with E-state index in [2.05, 4.69) is 10.5 Å². The first-order valence-electron chi connectivity index (χ1n) is 7.50. The number of aryl methyl sites for hydroxylation is 1. The van der Waals surface area contributed by atoms with Crippen LogP contribution in [0.2, 0.25) is 0 Å². The molecule has 1 heterocycles. The molecule has 0 aromatic heterocycles. The van der Waals surface area contributed by atoms with Crippen LogP contribution in [0.5, 0.6) is 5.75 Å². The fourth-order valence-electron chi connectivity index (χ4n) is 2.60. The van der Waals surface area contributed by atoms with Crippen LogP contribution < -0.4 is 10.2 Å². The summed E-state index contributed by atoms with van der Waals surface area (Å²) in [4.78, 5) is 11.3. The molecule has 1 aromatic rings. The number of hydrogen-bond donors (Lipinski definition) is 2. The van der Waals surface area contributed by atoms with Gasteiger partial charge in [0.1, 0.15) is 18.2 Å². The molecule has 1 unspecified atom stereocenters. The van der Waals surface area contributed by atoms with Gasteiger partial charge in [-0.05, 0) is 31.6 Å². The van der Waals surface area contributed by atoms with Crippen LogP contribution in [0.25, 0.3) is 0 Å². The number of carbonyl (C=O) groups excluding carboxylic acids is 1. The minimum absolute atomic E-state index is 0.0575. The van der Waals surface area contributed by atoms with Crippen molar-refractivity contribution >= 4 is 11.6 Å². The summed E-state index contributed by atoms with van der Waals surface area (Å²) in [6.07, 6.45) is 3.53. The Labute approximate surface area is 134 Å². The summed E-state index contributed by atoms with van der Waals surface area (Å²) in [6, 6.07) is 1.69. The van der Waals surface area contributed by atoms with E-state index in [4.69, 9.17) is 9.84 Å². The number of hydrogen-bond acceptors (Lipinski definition) is 4. The predicted octanol–water partition coefficient (Wildman–Crippen LogP) is 2.23. The van der Waals surface area contributed by atoms with Crippen molar-refractivity contribution in [3.8, 4) is 5.75 Å². The molecule has 0 fully saturated rings. The van der Waals surface area contributed by atoms with Gasteiger partial charge < -0.3 is 9.84 Å². The number of ether oxygens (including phenoxy) is 1. The zero-order valence-corrected chi connectivity index (χ0v) is 13.5. The number of hydrazone groups is 1. The molecule has 1 amide bonds. The van der Waals surface area contributed by atoms with Crippen LogP contribution in [0, 0.1) is 25.6 Å². The summed E-state index contributed by atoms with van der Waals surface area (Å²) < 4.78 is 20.3. The van der Waals surface area contributed by atoms with E-state index in [1.54, 1.807) is 25.1 Å². The smallest absolute Gasteiger partial charge is 0.240 e. The molecule has 2 rings (SSSR count). The molecule has 1 aliphatic heterocycles. The van der Waals surface area contributed by atoms with Gasteiger partial charge in [0.15, 0.2) is 0 Å². The number of nitrogens with one attached hydrogen (secondary N) is 1. The molecule has 1 aliphatic rings. The lowest BCUT2D eigenvalue weighted by atomic mass is 9.91. The zero-order valence-electron chi connectivity index (χ0n) is 13.5. The quantitative estimate of drug-likeness (QED) is 0.817. The Morgan fingerprint density at radius 1 is 1.48 bits per heavy atom. The maximum absolute atomic E-state index is 14.7. The summed E-state index contributed by atoms with van der Waals surface area (Å²) in [5.41, 5.74) is 4.55. The van der Waals surface area contributed by atoms with Crippen molar-refractivity contribution < 1.29 is 19.0 Å². The van der Waals surface area contributed by atoms with E-state index in [-0.39, 0.29) is 25.0 Å². The number of rotatable bonds is 5. The van der Waals surface area contributed by atoms with E-state index in [1.807, 2.05) is 13.8 Å². The molecule has 5 nitrogen and oxygen atoms in total. The molecule has 0 saturated heterocycles. The number of halogens is 1. The Kier molecular flexibility index (Phi) is 5.50. The summed E-state index contributed by atoms with van der Waals surface area (Å²) in [7, 11) is 0. The van der Waals surface area contributed by atoms with Gasteiger partial charge in [-0.3, -0.25) is 4.79 Å². The van der Waals surface area contributed by atoms with Crippen LogP contribution in [-0.2, 0) is 4.79 Å². The minimum atomic E-state index is -0.390. The lowest BCUT2D eigenvalue weighted by molar-refractivity contribution is -0.121. The summed E-state index contributed by atoms with van der Waals surface area (Å²) >= 11 is 0. The van der Waals surface area contributed by atoms with Crippen LogP contribution in [0.1, 0.15) is 30.0 Å². The Bertz CT molecular complexity index is 668. The van der Waals surface area contributed by atoms with Crippen molar-refractivity contribution in [1.82, 2.24) is 5.43 Å². The first-order chi connectivity index (χ1) is 11.0. The molecule has 6 heteroatoms. The zero-order chi connectivity index (χ0) is 17.0. The number of carbonyl (C=O) groups is 1. The monoisotopic (exact) mass is 320 g/mol. The topological polar surface area (TPSA) is 70.9 Å². The molecule has 0 radical (unpaired) electrons. The van der Waals surface area contributed by atoms with Crippen LogP contribution in [0.4, 0.5) is 4.39 Å². The Morgan fingerprint density at radius 2 is 2.22 bits per heavy atom. The molecule has 0 saturated carbocycles. The molecule has 0 aliphatic carbocycles. The third-order valence-electron chi connectivity index (χ3n) is 3.76. The fraction of sp³-hybridized carbons (Fsp3) is 0.412. The van der Waals surface area contributed by atoms with Gasteiger partial charge in [0.2, 0.25) is 5.91 Å². The van der Waals surface area contributed by atoms with Crippen molar-refractivity contribution in [2.24, 2.45) is 11.0 Å². The predicted molar refractivity (Wildman–Crippen MR) is 86.1 cm³/mol. The highest BCUT2D eigenvalue weighted by Crippen LogP contribution is 2.30. The van der Waals surface area contributed by atoms with Gasteiger partial charge in [-0.15, -0.1) is 0 Å². The lowest BCUT2D eigenvalue weighted by Gasteiger charge is -2.21. The average molecular weight is 320 g/mol. The van der Waals surface area contributed by atoms with Crippen molar-refractivity contribution in [3.05, 3.63) is 40.7 Å². The molecule has 1 atom stereocenters. The molecule has 23 heavy (non-hydrogen) atoms. The van der Waals surface area contributed by atoms with Crippen LogP contribution in [0.15, 0.2) is 23.3 Å². The highest BCUT2D eigenvalue weighted by Gasteiger charge is 2.26. The van der Waals surface area contributed by atoms with Gasteiger partial charge in [0, 0.05) is 23.5 Å². The number of nitrogens with zero attached hydrogens (tertiary/aromatic N) is 1. The largest absolute Gasteiger partial charge is 0.489 e. The van der Waals surface area contributed by atoms with Gasteiger partial charge >= 0.3 is 0 Å². The molecule has 0 spiro atoms. The van der Waals surface area contributed by atoms with Gasteiger partial charge in [0.05, 0.1) is 12.3 Å². The molecule has 2 N–H and O–H groups in total. The maximum Gasteiger partial charge on any atom is 0.240 e. The van der Waals surface area contributed by atoms with E-state index < -0.39 is 5.82 Å². The Hall–Kier alpha value is -2.21. The van der Waals surface area contributed by atoms with Crippen molar-refractivity contribution in [2.75, 3.05) is 13.2 Å². The van der Waals surface area contributed by atoms with Gasteiger partial charge in [-0.2, -0.15) is 5.10 Å². The third-order valence-corrected chi connectivity index (χ3v) is 3.76. The number of benzene rings is 1. The molecular formula is C17H21FN2O3. The van der Waals surface area contributed by atoms with Gasteiger partial charge in [-0.1, -0.05) is 13.0 Å². The first-order valence-corrected chi connectivity index (χ1v) is 7.50. The van der Waals surface area contributed by atoms with Crippen molar-refractivity contribution in [1.29, 1.82) is 0 Å². The van der Waals surface area contributed by atoms with Gasteiger partial charge in [0.25, 0.3) is 0 Å². The van der Waals surface area contributed by atoms with E-state index >= 15 is 0 Å². The highest BCUT2D eigenvalue weighted by atomic mass is 19.1. The molecular weight excluding hydrogens is 299 g/mol. The minimum Gasteiger partial charge on any atom is -0.489 e. The van der Waals surface area contributed by atoms with E-state index in [0.29, 0.717) is 29.0 Å². The highest BCUT2D eigenvalue weighted by molar-refractivity contribution is 6.06.